The molecule has 2 aromatic rings. The van der Waals surface area contributed by atoms with Gasteiger partial charge in [-0.15, -0.1) is 0 Å². The molecule has 3 rings (SSSR count). The van der Waals surface area contributed by atoms with Crippen LogP contribution >= 0.6 is 0 Å². The number of anilines is 1. The molecule has 0 radical (unpaired) electrons. The predicted octanol–water partition coefficient (Wildman–Crippen LogP) is 2.24. The van der Waals surface area contributed by atoms with E-state index in [1.165, 1.54) is 5.56 Å². The Balaban J connectivity index is 1.77. The Bertz CT molecular complexity index is 592. The van der Waals surface area contributed by atoms with Crippen molar-refractivity contribution in [2.24, 2.45) is 5.92 Å². The third-order valence-electron chi connectivity index (χ3n) is 3.34. The number of rotatable bonds is 5. The van der Waals surface area contributed by atoms with E-state index in [0.717, 1.165) is 24.3 Å². The maximum atomic E-state index is 5.65. The molecule has 0 saturated carbocycles. The van der Waals surface area contributed by atoms with Gasteiger partial charge in [-0.05, 0) is 18.4 Å². The molecule has 20 heavy (non-hydrogen) atoms. The molecule has 1 aromatic heterocycles. The van der Waals surface area contributed by atoms with Gasteiger partial charge in [-0.25, -0.2) is 0 Å². The van der Waals surface area contributed by atoms with E-state index < -0.39 is 0 Å². The predicted molar refractivity (Wildman–Crippen MR) is 75.5 cm³/mol. The Labute approximate surface area is 117 Å². The Morgan fingerprint density at radius 3 is 2.75 bits per heavy atom. The Morgan fingerprint density at radius 2 is 2.10 bits per heavy atom. The summed E-state index contributed by atoms with van der Waals surface area (Å²) in [6, 6.07) is 12.2. The van der Waals surface area contributed by atoms with Crippen LogP contribution in [0.5, 0.6) is 0 Å². The van der Waals surface area contributed by atoms with Gasteiger partial charge in [0.1, 0.15) is 17.8 Å². The second-order valence-corrected chi connectivity index (χ2v) is 4.86. The smallest absolute Gasteiger partial charge is 0.229 e. The third-order valence-corrected chi connectivity index (χ3v) is 3.34. The van der Waals surface area contributed by atoms with Gasteiger partial charge in [0.15, 0.2) is 0 Å². The van der Waals surface area contributed by atoms with Gasteiger partial charge in [0.05, 0.1) is 0 Å². The van der Waals surface area contributed by atoms with Crippen LogP contribution in [0.25, 0.3) is 0 Å². The normalized spacial score (nSPS) is 15.3. The van der Waals surface area contributed by atoms with Crippen LogP contribution in [0, 0.1) is 5.92 Å². The molecule has 1 atom stereocenters. The number of ether oxygens (including phenoxy) is 2. The summed E-state index contributed by atoms with van der Waals surface area (Å²) in [6.45, 7) is 0.297. The van der Waals surface area contributed by atoms with E-state index in [-0.39, 0.29) is 5.92 Å². The Morgan fingerprint density at radius 1 is 1.25 bits per heavy atom. The second-order valence-electron chi connectivity index (χ2n) is 4.86. The maximum Gasteiger partial charge on any atom is 0.229 e. The largest absolute Gasteiger partial charge is 0.462 e. The molecule has 1 aliphatic heterocycles. The van der Waals surface area contributed by atoms with Crippen molar-refractivity contribution in [2.75, 3.05) is 12.5 Å². The van der Waals surface area contributed by atoms with Crippen molar-refractivity contribution in [2.45, 2.75) is 12.8 Å². The van der Waals surface area contributed by atoms with E-state index in [4.69, 9.17) is 15.2 Å². The summed E-state index contributed by atoms with van der Waals surface area (Å²) >= 11 is 0. The number of aromatic nitrogens is 2. The minimum absolute atomic E-state index is 0.208. The summed E-state index contributed by atoms with van der Waals surface area (Å²) in [5.74, 6) is 1.60. The van der Waals surface area contributed by atoms with Gasteiger partial charge >= 0.3 is 0 Å². The quantitative estimate of drug-likeness (QED) is 0.874. The van der Waals surface area contributed by atoms with Crippen molar-refractivity contribution in [1.82, 2.24) is 10.2 Å². The van der Waals surface area contributed by atoms with E-state index in [1.54, 1.807) is 6.26 Å². The topological polar surface area (TPSA) is 73.2 Å². The zero-order valence-electron chi connectivity index (χ0n) is 11.1. The molecule has 2 heterocycles. The first-order valence-electron chi connectivity index (χ1n) is 6.59. The molecule has 0 amide bonds. The summed E-state index contributed by atoms with van der Waals surface area (Å²) in [7, 11) is 0. The van der Waals surface area contributed by atoms with Crippen LogP contribution in [-0.2, 0) is 22.3 Å². The van der Waals surface area contributed by atoms with Crippen molar-refractivity contribution in [3.05, 3.63) is 59.7 Å². The van der Waals surface area contributed by atoms with Crippen LogP contribution in [0.2, 0.25) is 0 Å². The molecule has 0 aliphatic carbocycles. The van der Waals surface area contributed by atoms with Crippen LogP contribution in [-0.4, -0.2) is 17.0 Å². The summed E-state index contributed by atoms with van der Waals surface area (Å²) < 4.78 is 10.7. The van der Waals surface area contributed by atoms with Crippen LogP contribution < -0.4 is 5.73 Å². The highest BCUT2D eigenvalue weighted by atomic mass is 16.7. The number of allylic oxidation sites excluding steroid dienone is 1. The van der Waals surface area contributed by atoms with Crippen molar-refractivity contribution < 1.29 is 9.47 Å². The third kappa shape index (κ3) is 2.93. The summed E-state index contributed by atoms with van der Waals surface area (Å²) in [5.41, 5.74) is 7.91. The van der Waals surface area contributed by atoms with Crippen molar-refractivity contribution in [3.63, 3.8) is 0 Å². The highest BCUT2D eigenvalue weighted by Gasteiger charge is 2.21. The average molecular weight is 271 g/mol. The first-order chi connectivity index (χ1) is 9.81. The zero-order valence-corrected chi connectivity index (χ0v) is 11.1. The Hall–Kier alpha value is -2.43. The molecule has 104 valence electrons. The number of nitrogens with two attached hydrogens (primary N) is 1. The van der Waals surface area contributed by atoms with E-state index in [1.807, 2.05) is 24.3 Å². The SMILES string of the molecule is Nc1cc(CC(Cc2ccccc2)C2=COCO2)[nH]n1. The first-order valence-corrected chi connectivity index (χ1v) is 6.59. The van der Waals surface area contributed by atoms with Gasteiger partial charge in [-0.2, -0.15) is 5.10 Å². The molecule has 0 saturated heterocycles. The lowest BCUT2D eigenvalue weighted by Gasteiger charge is -2.16. The van der Waals surface area contributed by atoms with Gasteiger partial charge in [-0.1, -0.05) is 30.3 Å². The van der Waals surface area contributed by atoms with Crippen molar-refractivity contribution >= 4 is 5.82 Å². The molecule has 0 bridgehead atoms. The van der Waals surface area contributed by atoms with Crippen LogP contribution in [0.3, 0.4) is 0 Å². The van der Waals surface area contributed by atoms with E-state index in [0.29, 0.717) is 12.6 Å². The number of hydrogen-bond acceptors (Lipinski definition) is 4. The average Bonchev–Trinajstić information content (AvgIpc) is 3.11. The van der Waals surface area contributed by atoms with Crippen molar-refractivity contribution in [3.8, 4) is 0 Å². The number of nitrogens with one attached hydrogen (secondary N) is 1. The minimum Gasteiger partial charge on any atom is -0.462 e. The molecule has 1 unspecified atom stereocenters. The monoisotopic (exact) mass is 271 g/mol. The number of aromatic amines is 1. The maximum absolute atomic E-state index is 5.65. The number of H-pyrrole nitrogens is 1. The van der Waals surface area contributed by atoms with Crippen LogP contribution in [0.4, 0.5) is 5.82 Å². The number of nitrogens with zero attached hydrogens (tertiary/aromatic N) is 1. The Kier molecular flexibility index (Phi) is 3.58. The highest BCUT2D eigenvalue weighted by molar-refractivity contribution is 5.29. The summed E-state index contributed by atoms with van der Waals surface area (Å²) in [5, 5.41) is 6.91. The summed E-state index contributed by atoms with van der Waals surface area (Å²) in [6.07, 6.45) is 3.37. The van der Waals surface area contributed by atoms with Crippen molar-refractivity contribution in [1.29, 1.82) is 0 Å². The van der Waals surface area contributed by atoms with E-state index in [9.17, 15) is 0 Å². The van der Waals surface area contributed by atoms with Gasteiger partial charge in [0.25, 0.3) is 0 Å². The molecular weight excluding hydrogens is 254 g/mol. The fourth-order valence-electron chi connectivity index (χ4n) is 2.39. The van der Waals surface area contributed by atoms with Gasteiger partial charge in [0.2, 0.25) is 6.79 Å². The molecule has 3 N–H and O–H groups in total. The standard InChI is InChI=1S/C15H17N3O2/c16-15-8-13(17-18-15)7-12(14-9-19-10-20-14)6-11-4-2-1-3-5-11/h1-5,8-9,12H,6-7,10H2,(H3,16,17,18). The first kappa shape index (κ1) is 12.6. The van der Waals surface area contributed by atoms with Gasteiger partial charge < -0.3 is 15.2 Å². The number of benzene rings is 1. The molecule has 0 spiro atoms. The van der Waals surface area contributed by atoms with Crippen LogP contribution in [0.15, 0.2) is 48.4 Å². The van der Waals surface area contributed by atoms with E-state index in [2.05, 4.69) is 22.3 Å². The second kappa shape index (κ2) is 5.69. The van der Waals surface area contributed by atoms with Gasteiger partial charge in [-0.3, -0.25) is 5.10 Å². The molecule has 1 aromatic carbocycles. The van der Waals surface area contributed by atoms with Gasteiger partial charge in [0, 0.05) is 17.7 Å². The minimum atomic E-state index is 0.208. The number of hydrogen-bond donors (Lipinski definition) is 2. The van der Waals surface area contributed by atoms with E-state index >= 15 is 0 Å². The van der Waals surface area contributed by atoms with Crippen LogP contribution in [0.1, 0.15) is 11.3 Å². The molecule has 5 nitrogen and oxygen atoms in total. The summed E-state index contributed by atoms with van der Waals surface area (Å²) in [4.78, 5) is 0. The molecular formula is C15H17N3O2. The fraction of sp³-hybridized carbons (Fsp3) is 0.267. The highest BCUT2D eigenvalue weighted by Crippen LogP contribution is 2.25. The lowest BCUT2D eigenvalue weighted by Crippen LogP contribution is -2.12. The molecule has 5 heteroatoms. The lowest BCUT2D eigenvalue weighted by atomic mass is 9.93. The fourth-order valence-corrected chi connectivity index (χ4v) is 2.39. The number of nitrogen functional groups attached to an aromatic ring is 1. The lowest BCUT2D eigenvalue weighted by molar-refractivity contribution is 0.0703. The molecule has 0 fully saturated rings. The zero-order chi connectivity index (χ0) is 13.8. The molecule has 1 aliphatic rings.